The molecule has 10 rings (SSSR count). The zero-order valence-electron chi connectivity index (χ0n) is 46.0. The number of pyridine rings is 1. The summed E-state index contributed by atoms with van der Waals surface area (Å²) < 4.78 is 4.70. The van der Waals surface area contributed by atoms with Crippen molar-refractivity contribution >= 4 is 59.4 Å². The summed E-state index contributed by atoms with van der Waals surface area (Å²) in [7, 11) is -3.23. The van der Waals surface area contributed by atoms with Gasteiger partial charge in [0.25, 0.3) is 0 Å². The molecular weight excluding hydrogens is 1120 g/mol. The molecule has 0 bridgehead atoms. The number of benzene rings is 7. The van der Waals surface area contributed by atoms with Gasteiger partial charge in [0.05, 0.1) is 49.5 Å². The van der Waals surface area contributed by atoms with Crippen molar-refractivity contribution in [1.82, 2.24) is 19.1 Å². The van der Waals surface area contributed by atoms with Crippen LogP contribution >= 0.6 is 0 Å². The van der Waals surface area contributed by atoms with Gasteiger partial charge >= 0.3 is 0 Å². The van der Waals surface area contributed by atoms with Gasteiger partial charge in [0.2, 0.25) is 0 Å². The van der Waals surface area contributed by atoms with Crippen molar-refractivity contribution in [1.29, 1.82) is 0 Å². The predicted octanol–water partition coefficient (Wildman–Crippen LogP) is 16.7. The van der Waals surface area contributed by atoms with Gasteiger partial charge in [0.1, 0.15) is 11.6 Å². The van der Waals surface area contributed by atoms with E-state index in [4.69, 9.17) is 9.97 Å². The van der Waals surface area contributed by atoms with Gasteiger partial charge in [-0.1, -0.05) is 214 Å². The summed E-state index contributed by atoms with van der Waals surface area (Å²) >= 11 is 0. The van der Waals surface area contributed by atoms with Crippen molar-refractivity contribution in [3.63, 3.8) is 0 Å². The SMILES string of the molecule is CC(C)(C)c1cc(-c2cc3c(cn2)c2ccccc2n3-c2ccc([Si](C)(C)C)cc2)[c-]c(-c2cccc3c2nc(-c2cc(C(C)(C)C)cc(C(C)(C)C)c2O)n3-c2ccc([Si](C)(C)C)cc2-c2ccccc2)c1.[Pt]. The standard InChI is InChI=1S/C66H71N4OSi2.Pt/c1-64(2,3)45-35-43(34-44(36-45)56-40-60-54(41-67-56)51-24-19-20-26-57(51)69(60)47-28-30-48(31-29-47)72(10,11)12)50-25-21-27-59-61(50)68-63(53-37-46(65(4,5)6)38-55(62(53)71)66(7,8)9)70(59)58-33-32-49(73(13,14)15)39-52(58)42-22-17-16-18-23-42;/h16-33,35-41,71H,1-15H3;/q-1;. The van der Waals surface area contributed by atoms with Gasteiger partial charge in [0.15, 0.2) is 0 Å². The van der Waals surface area contributed by atoms with Crippen molar-refractivity contribution in [3.05, 3.63) is 175 Å². The van der Waals surface area contributed by atoms with E-state index in [1.807, 2.05) is 6.20 Å². The van der Waals surface area contributed by atoms with Crippen LogP contribution in [0.5, 0.6) is 5.75 Å². The third-order valence-electron chi connectivity index (χ3n) is 14.7. The molecule has 0 saturated carbocycles. The molecule has 10 aromatic rings. The number of nitrogens with zero attached hydrogens (tertiary/aromatic N) is 4. The smallest absolute Gasteiger partial charge is 0.148 e. The van der Waals surface area contributed by atoms with E-state index in [-0.39, 0.29) is 43.1 Å². The van der Waals surface area contributed by atoms with Crippen LogP contribution in [0.2, 0.25) is 39.3 Å². The van der Waals surface area contributed by atoms with Crippen LogP contribution in [0.15, 0.2) is 152 Å². The van der Waals surface area contributed by atoms with Crippen molar-refractivity contribution in [2.45, 2.75) is 118 Å². The third-order valence-corrected chi connectivity index (χ3v) is 18.9. The molecule has 1 N–H and O–H groups in total. The van der Waals surface area contributed by atoms with Gasteiger partial charge in [-0.2, -0.15) is 0 Å². The number of rotatable bonds is 8. The van der Waals surface area contributed by atoms with Gasteiger partial charge in [-0.3, -0.25) is 9.55 Å². The van der Waals surface area contributed by atoms with Crippen LogP contribution in [0.4, 0.5) is 0 Å². The minimum Gasteiger partial charge on any atom is -0.507 e. The number of phenols is 1. The van der Waals surface area contributed by atoms with E-state index >= 15 is 0 Å². The first-order valence-electron chi connectivity index (χ1n) is 26.0. The van der Waals surface area contributed by atoms with Crippen molar-refractivity contribution in [3.8, 4) is 62.0 Å². The minimum atomic E-state index is -1.74. The Bertz CT molecular complexity index is 3760. The fourth-order valence-electron chi connectivity index (χ4n) is 10.3. The number of hydrogen-bond donors (Lipinski definition) is 1. The second-order valence-corrected chi connectivity index (χ2v) is 35.5. The predicted molar refractivity (Wildman–Crippen MR) is 318 cm³/mol. The number of phenolic OH excluding ortho intramolecular Hbond substituents is 1. The number of aromatic hydroxyl groups is 1. The second-order valence-electron chi connectivity index (χ2n) is 25.4. The summed E-state index contributed by atoms with van der Waals surface area (Å²) in [5.41, 5.74) is 15.3. The van der Waals surface area contributed by atoms with E-state index in [0.717, 1.165) is 83.5 Å². The molecule has 0 fully saturated rings. The number of hydrogen-bond acceptors (Lipinski definition) is 3. The van der Waals surface area contributed by atoms with E-state index in [9.17, 15) is 5.11 Å². The van der Waals surface area contributed by atoms with E-state index in [2.05, 4.69) is 262 Å². The average Bonchev–Trinajstić information content (AvgIpc) is 3.88. The normalized spacial score (nSPS) is 12.7. The van der Waals surface area contributed by atoms with Crippen molar-refractivity contribution in [2.75, 3.05) is 0 Å². The van der Waals surface area contributed by atoms with E-state index < -0.39 is 16.1 Å². The molecule has 0 radical (unpaired) electrons. The Balaban J connectivity index is 0.00000672. The number of aromatic nitrogens is 4. The molecule has 74 heavy (non-hydrogen) atoms. The van der Waals surface area contributed by atoms with E-state index in [1.54, 1.807) is 0 Å². The van der Waals surface area contributed by atoms with Gasteiger partial charge in [-0.25, -0.2) is 4.98 Å². The molecule has 7 aromatic carbocycles. The maximum Gasteiger partial charge on any atom is 0.148 e. The summed E-state index contributed by atoms with van der Waals surface area (Å²) in [6, 6.07) is 57.2. The number of fused-ring (bicyclic) bond motifs is 4. The summed E-state index contributed by atoms with van der Waals surface area (Å²) in [5.74, 6) is 0.951. The van der Waals surface area contributed by atoms with Gasteiger partial charge in [0, 0.05) is 60.5 Å². The first kappa shape index (κ1) is 52.7. The Labute approximate surface area is 456 Å². The number of para-hydroxylation sites is 2. The molecule has 0 amide bonds. The van der Waals surface area contributed by atoms with Gasteiger partial charge < -0.3 is 9.67 Å². The molecule has 0 aliphatic carbocycles. The molecule has 0 saturated heterocycles. The van der Waals surface area contributed by atoms with E-state index in [1.165, 1.54) is 21.3 Å². The quantitative estimate of drug-likeness (QED) is 0.122. The molecule has 3 heterocycles. The molecule has 5 nitrogen and oxygen atoms in total. The molecule has 8 heteroatoms. The summed E-state index contributed by atoms with van der Waals surface area (Å²) in [6.45, 7) is 34.5. The molecule has 0 aliphatic heterocycles. The summed E-state index contributed by atoms with van der Waals surface area (Å²) in [6.07, 6.45) is 2.05. The maximum absolute atomic E-state index is 12.7. The topological polar surface area (TPSA) is 55.9 Å². The fourth-order valence-corrected chi connectivity index (χ4v) is 12.6. The monoisotopic (exact) mass is 1190 g/mol. The Morgan fingerprint density at radius 1 is 0.500 bits per heavy atom. The Morgan fingerprint density at radius 3 is 1.76 bits per heavy atom. The second kappa shape index (κ2) is 18.9. The zero-order chi connectivity index (χ0) is 52.2. The Morgan fingerprint density at radius 2 is 1.11 bits per heavy atom. The fraction of sp³-hybridized carbons (Fsp3) is 0.273. The molecule has 0 aliphatic rings. The minimum absolute atomic E-state index is 0. The molecular formula is C66H71N4OPtSi2-. The van der Waals surface area contributed by atoms with Crippen LogP contribution < -0.4 is 10.4 Å². The zero-order valence-corrected chi connectivity index (χ0v) is 50.3. The van der Waals surface area contributed by atoms with Crippen LogP contribution in [0, 0.1) is 6.07 Å². The van der Waals surface area contributed by atoms with Crippen molar-refractivity contribution < 1.29 is 26.2 Å². The molecule has 3 aromatic heterocycles. The first-order chi connectivity index (χ1) is 34.3. The Hall–Kier alpha value is -6.12. The maximum atomic E-state index is 12.7. The van der Waals surface area contributed by atoms with Crippen LogP contribution in [0.1, 0.15) is 79.0 Å². The molecule has 380 valence electrons. The largest absolute Gasteiger partial charge is 0.507 e. The van der Waals surface area contributed by atoms with Crippen LogP contribution in [0.3, 0.4) is 0 Å². The van der Waals surface area contributed by atoms with Crippen molar-refractivity contribution in [2.24, 2.45) is 0 Å². The van der Waals surface area contributed by atoms with Crippen LogP contribution in [-0.2, 0) is 37.3 Å². The molecule has 0 unspecified atom stereocenters. The van der Waals surface area contributed by atoms with Gasteiger partial charge in [-0.05, 0) is 69.8 Å². The van der Waals surface area contributed by atoms with Crippen LogP contribution in [0.25, 0.3) is 89.1 Å². The average molecular weight is 1190 g/mol. The third kappa shape index (κ3) is 9.72. The van der Waals surface area contributed by atoms with E-state index in [0.29, 0.717) is 11.4 Å². The summed E-state index contributed by atoms with van der Waals surface area (Å²) in [5, 5.41) is 17.8. The summed E-state index contributed by atoms with van der Waals surface area (Å²) in [4.78, 5) is 11.0. The molecule has 0 spiro atoms. The first-order valence-corrected chi connectivity index (χ1v) is 33.0. The van der Waals surface area contributed by atoms with Crippen LogP contribution in [-0.4, -0.2) is 40.4 Å². The Kier molecular flexibility index (Phi) is 13.5. The number of imidazole rings is 1. The molecule has 0 atom stereocenters. The van der Waals surface area contributed by atoms with Gasteiger partial charge in [-0.15, -0.1) is 29.3 Å².